The standard InChI is InChI=1S/C19H18ClF4N3O4/c1-9(11-3-4-14(12(21)6-11)31-19(22,23)24)5-16-25-15(20)7-17(26-16)27-13(10(2)28)8-30-18(27)29/h3-4,6-7,9-10,13,28H,5,8H2,1-2H3/t9-,10-,13-/m1/s1. The van der Waals surface area contributed by atoms with Crippen molar-refractivity contribution in [2.75, 3.05) is 11.5 Å². The van der Waals surface area contributed by atoms with Crippen molar-refractivity contribution in [3.8, 4) is 5.75 Å². The number of halogens is 5. The molecule has 0 aliphatic carbocycles. The summed E-state index contributed by atoms with van der Waals surface area (Å²) >= 11 is 6.06. The van der Waals surface area contributed by atoms with Crippen LogP contribution in [-0.4, -0.2) is 46.3 Å². The van der Waals surface area contributed by atoms with E-state index in [0.29, 0.717) is 5.56 Å². The van der Waals surface area contributed by atoms with E-state index < -0.39 is 42.1 Å². The van der Waals surface area contributed by atoms with Gasteiger partial charge in [-0.1, -0.05) is 24.6 Å². The van der Waals surface area contributed by atoms with Crippen LogP contribution in [0.4, 0.5) is 28.2 Å². The number of carbonyl (C=O) groups excluding carboxylic acids is 1. The first-order chi connectivity index (χ1) is 14.4. The minimum atomic E-state index is -5.00. The minimum absolute atomic E-state index is 0.0184. The quantitative estimate of drug-likeness (QED) is 0.510. The summed E-state index contributed by atoms with van der Waals surface area (Å²) in [5, 5.41) is 9.93. The molecule has 2 heterocycles. The third-order valence-electron chi connectivity index (χ3n) is 4.68. The maximum Gasteiger partial charge on any atom is 0.573 e. The molecule has 1 fully saturated rings. The predicted octanol–water partition coefficient (Wildman–Crippen LogP) is 4.22. The van der Waals surface area contributed by atoms with E-state index in [-0.39, 0.29) is 29.8 Å². The van der Waals surface area contributed by atoms with Gasteiger partial charge in [0.25, 0.3) is 0 Å². The van der Waals surface area contributed by atoms with Crippen molar-refractivity contribution in [1.82, 2.24) is 9.97 Å². The zero-order valence-electron chi connectivity index (χ0n) is 16.4. The maximum atomic E-state index is 14.0. The molecule has 7 nitrogen and oxygen atoms in total. The third kappa shape index (κ3) is 5.53. The SMILES string of the molecule is C[C@H](Cc1nc(Cl)cc(N2C(=O)OC[C@@H]2[C@@H](C)O)n1)c1ccc(OC(F)(F)F)c(F)c1. The Morgan fingerprint density at radius 3 is 2.65 bits per heavy atom. The summed E-state index contributed by atoms with van der Waals surface area (Å²) in [5.41, 5.74) is 0.389. The molecule has 0 spiro atoms. The first-order valence-corrected chi connectivity index (χ1v) is 9.55. The fourth-order valence-electron chi connectivity index (χ4n) is 3.14. The number of aliphatic hydroxyl groups excluding tert-OH is 1. The van der Waals surface area contributed by atoms with Crippen LogP contribution in [0.5, 0.6) is 5.75 Å². The van der Waals surface area contributed by atoms with Crippen LogP contribution in [-0.2, 0) is 11.2 Å². The second-order valence-corrected chi connectivity index (χ2v) is 7.45. The van der Waals surface area contributed by atoms with Crippen LogP contribution in [0.3, 0.4) is 0 Å². The molecule has 1 aromatic heterocycles. The summed E-state index contributed by atoms with van der Waals surface area (Å²) in [6.45, 7) is 3.19. The molecule has 3 atom stereocenters. The Kier molecular flexibility index (Phi) is 6.56. The van der Waals surface area contributed by atoms with Gasteiger partial charge in [0.2, 0.25) is 0 Å². The molecule has 1 saturated heterocycles. The Hall–Kier alpha value is -2.66. The molecule has 0 saturated carbocycles. The number of cyclic esters (lactones) is 1. The number of hydrogen-bond donors (Lipinski definition) is 1. The lowest BCUT2D eigenvalue weighted by atomic mass is 9.97. The van der Waals surface area contributed by atoms with E-state index in [4.69, 9.17) is 16.3 Å². The highest BCUT2D eigenvalue weighted by Crippen LogP contribution is 2.30. The maximum absolute atomic E-state index is 14.0. The number of alkyl halides is 3. The van der Waals surface area contributed by atoms with Crippen molar-refractivity contribution in [3.63, 3.8) is 0 Å². The summed E-state index contributed by atoms with van der Waals surface area (Å²) in [6, 6.07) is 3.84. The number of rotatable bonds is 6. The van der Waals surface area contributed by atoms with E-state index in [1.54, 1.807) is 6.92 Å². The van der Waals surface area contributed by atoms with Crippen molar-refractivity contribution in [1.29, 1.82) is 0 Å². The predicted molar refractivity (Wildman–Crippen MR) is 102 cm³/mol. The number of benzene rings is 1. The number of aliphatic hydroxyl groups is 1. The Morgan fingerprint density at radius 1 is 1.32 bits per heavy atom. The molecule has 0 unspecified atom stereocenters. The Morgan fingerprint density at radius 2 is 2.03 bits per heavy atom. The van der Waals surface area contributed by atoms with Crippen molar-refractivity contribution < 1.29 is 36.9 Å². The molecular formula is C19H18ClF4N3O4. The number of ether oxygens (including phenoxy) is 2. The molecule has 1 aliphatic rings. The van der Waals surface area contributed by atoms with Crippen molar-refractivity contribution in [2.45, 2.75) is 44.7 Å². The Labute approximate surface area is 179 Å². The van der Waals surface area contributed by atoms with Gasteiger partial charge < -0.3 is 14.6 Å². The van der Waals surface area contributed by atoms with Gasteiger partial charge in [0, 0.05) is 12.5 Å². The number of aromatic nitrogens is 2. The highest BCUT2D eigenvalue weighted by molar-refractivity contribution is 6.29. The molecule has 1 aliphatic heterocycles. The van der Waals surface area contributed by atoms with E-state index in [1.807, 2.05) is 0 Å². The Bertz CT molecular complexity index is 974. The van der Waals surface area contributed by atoms with Crippen molar-refractivity contribution in [2.24, 2.45) is 0 Å². The monoisotopic (exact) mass is 463 g/mol. The van der Waals surface area contributed by atoms with E-state index >= 15 is 0 Å². The van der Waals surface area contributed by atoms with Gasteiger partial charge in [0.05, 0.1) is 6.10 Å². The molecule has 0 radical (unpaired) electrons. The second-order valence-electron chi connectivity index (χ2n) is 7.06. The minimum Gasteiger partial charge on any atom is -0.447 e. The van der Waals surface area contributed by atoms with Crippen LogP contribution in [0.2, 0.25) is 5.15 Å². The van der Waals surface area contributed by atoms with E-state index in [1.165, 1.54) is 24.0 Å². The molecule has 1 N–H and O–H groups in total. The summed E-state index contributed by atoms with van der Waals surface area (Å²) in [5.74, 6) is -2.14. The fourth-order valence-corrected chi connectivity index (χ4v) is 3.34. The molecule has 3 rings (SSSR count). The van der Waals surface area contributed by atoms with Crippen molar-refractivity contribution in [3.05, 3.63) is 46.6 Å². The average Bonchev–Trinajstić information content (AvgIpc) is 3.03. The molecule has 31 heavy (non-hydrogen) atoms. The van der Waals surface area contributed by atoms with Crippen LogP contribution < -0.4 is 9.64 Å². The molecule has 1 amide bonds. The number of carbonyl (C=O) groups is 1. The zero-order valence-corrected chi connectivity index (χ0v) is 17.1. The highest BCUT2D eigenvalue weighted by Gasteiger charge is 2.38. The smallest absolute Gasteiger partial charge is 0.447 e. The van der Waals surface area contributed by atoms with E-state index in [9.17, 15) is 27.5 Å². The lowest BCUT2D eigenvalue weighted by Gasteiger charge is -2.23. The van der Waals surface area contributed by atoms with Gasteiger partial charge in [-0.3, -0.25) is 4.90 Å². The summed E-state index contributed by atoms with van der Waals surface area (Å²) in [4.78, 5) is 21.7. The summed E-state index contributed by atoms with van der Waals surface area (Å²) in [6.07, 6.45) is -6.43. The van der Waals surface area contributed by atoms with Crippen LogP contribution in [0.15, 0.2) is 24.3 Å². The lowest BCUT2D eigenvalue weighted by Crippen LogP contribution is -2.41. The van der Waals surface area contributed by atoms with Crippen LogP contribution in [0.1, 0.15) is 31.2 Å². The number of hydrogen-bond acceptors (Lipinski definition) is 6. The molecule has 2 aromatic rings. The lowest BCUT2D eigenvalue weighted by molar-refractivity contribution is -0.275. The van der Waals surface area contributed by atoms with Crippen LogP contribution in [0, 0.1) is 5.82 Å². The highest BCUT2D eigenvalue weighted by atomic mass is 35.5. The number of nitrogens with zero attached hydrogens (tertiary/aromatic N) is 3. The molecule has 0 bridgehead atoms. The van der Waals surface area contributed by atoms with E-state index in [2.05, 4.69) is 14.7 Å². The zero-order chi connectivity index (χ0) is 22.9. The summed E-state index contributed by atoms with van der Waals surface area (Å²) < 4.78 is 59.5. The largest absolute Gasteiger partial charge is 0.573 e. The Balaban J connectivity index is 1.81. The first kappa shape index (κ1) is 23.0. The van der Waals surface area contributed by atoms with Gasteiger partial charge in [-0.2, -0.15) is 0 Å². The van der Waals surface area contributed by atoms with Gasteiger partial charge in [0.1, 0.15) is 29.4 Å². The van der Waals surface area contributed by atoms with Gasteiger partial charge in [-0.15, -0.1) is 13.2 Å². The second kappa shape index (κ2) is 8.83. The molecule has 168 valence electrons. The van der Waals surface area contributed by atoms with Gasteiger partial charge >= 0.3 is 12.5 Å². The van der Waals surface area contributed by atoms with Gasteiger partial charge in [-0.25, -0.2) is 19.2 Å². The van der Waals surface area contributed by atoms with Crippen LogP contribution >= 0.6 is 11.6 Å². The van der Waals surface area contributed by atoms with Crippen molar-refractivity contribution >= 4 is 23.5 Å². The topological polar surface area (TPSA) is 84.8 Å². The number of amides is 1. The molecule has 1 aromatic carbocycles. The molecular weight excluding hydrogens is 446 g/mol. The molecule has 12 heteroatoms. The summed E-state index contributed by atoms with van der Waals surface area (Å²) in [7, 11) is 0. The van der Waals surface area contributed by atoms with Gasteiger partial charge in [0.15, 0.2) is 11.6 Å². The van der Waals surface area contributed by atoms with E-state index in [0.717, 1.165) is 12.1 Å². The van der Waals surface area contributed by atoms with Gasteiger partial charge in [-0.05, 0) is 30.5 Å². The number of anilines is 1. The third-order valence-corrected chi connectivity index (χ3v) is 4.87. The average molecular weight is 464 g/mol. The first-order valence-electron chi connectivity index (χ1n) is 9.17. The fraction of sp³-hybridized carbons (Fsp3) is 0.421. The normalized spacial score (nSPS) is 18.6. The van der Waals surface area contributed by atoms with Crippen LogP contribution in [0.25, 0.3) is 0 Å².